The summed E-state index contributed by atoms with van der Waals surface area (Å²) in [6.07, 6.45) is 1.63. The van der Waals surface area contributed by atoms with E-state index in [1.54, 1.807) is 24.9 Å². The average molecular weight is 238 g/mol. The fraction of sp³-hybridized carbons (Fsp3) is 0.154. The van der Waals surface area contributed by atoms with Crippen molar-refractivity contribution in [1.29, 1.82) is 5.26 Å². The first-order chi connectivity index (χ1) is 8.69. The number of aromatic nitrogens is 3. The molecular formula is C13H10N4O. The van der Waals surface area contributed by atoms with Gasteiger partial charge in [-0.05, 0) is 18.2 Å². The number of nitrogens with zero attached hydrogens (tertiary/aromatic N) is 4. The summed E-state index contributed by atoms with van der Waals surface area (Å²) in [6, 6.07) is 7.77. The van der Waals surface area contributed by atoms with E-state index in [-0.39, 0.29) is 0 Å². The molecule has 0 bridgehead atoms. The third-order valence-electron chi connectivity index (χ3n) is 2.81. The van der Waals surface area contributed by atoms with E-state index in [1.165, 1.54) is 0 Å². The van der Waals surface area contributed by atoms with E-state index in [2.05, 4.69) is 16.0 Å². The molecule has 5 heteroatoms. The summed E-state index contributed by atoms with van der Waals surface area (Å²) in [6.45, 7) is 1.81. The number of hydrogen-bond acceptors (Lipinski definition) is 4. The average Bonchev–Trinajstić information content (AvgIpc) is 2.89. The summed E-state index contributed by atoms with van der Waals surface area (Å²) in [4.78, 5) is 8.53. The lowest BCUT2D eigenvalue weighted by Crippen LogP contribution is -1.90. The highest BCUT2D eigenvalue weighted by Crippen LogP contribution is 2.25. The van der Waals surface area contributed by atoms with Gasteiger partial charge in [-0.15, -0.1) is 0 Å². The molecule has 0 aliphatic carbocycles. The molecule has 0 unspecified atom stereocenters. The van der Waals surface area contributed by atoms with Gasteiger partial charge in [0.05, 0.1) is 6.33 Å². The van der Waals surface area contributed by atoms with Crippen LogP contribution < -0.4 is 0 Å². The molecule has 0 N–H and O–H groups in total. The minimum absolute atomic E-state index is 0.537. The third-order valence-corrected chi connectivity index (χ3v) is 2.81. The van der Waals surface area contributed by atoms with Crippen LogP contribution in [0.1, 0.15) is 11.6 Å². The molecule has 5 nitrogen and oxygen atoms in total. The van der Waals surface area contributed by atoms with Gasteiger partial charge in [0, 0.05) is 19.5 Å². The van der Waals surface area contributed by atoms with Crippen LogP contribution >= 0.6 is 0 Å². The molecule has 3 rings (SSSR count). The standard InChI is InChI=1S/C13H10N4O/c1-8-16-10-5-9(3-4-12(10)18-8)13-11(6-14)17(2)7-15-13/h3-5,7H,1-2H3. The van der Waals surface area contributed by atoms with E-state index in [9.17, 15) is 0 Å². The first-order valence-corrected chi connectivity index (χ1v) is 5.48. The number of rotatable bonds is 1. The highest BCUT2D eigenvalue weighted by atomic mass is 16.3. The van der Waals surface area contributed by atoms with Crippen LogP contribution in [-0.2, 0) is 7.05 Å². The zero-order chi connectivity index (χ0) is 12.7. The van der Waals surface area contributed by atoms with Crippen LogP contribution in [0.2, 0.25) is 0 Å². The topological polar surface area (TPSA) is 67.6 Å². The van der Waals surface area contributed by atoms with Crippen molar-refractivity contribution >= 4 is 11.1 Å². The van der Waals surface area contributed by atoms with E-state index in [0.29, 0.717) is 17.3 Å². The Balaban J connectivity index is 2.22. The first-order valence-electron chi connectivity index (χ1n) is 5.48. The minimum atomic E-state index is 0.537. The molecule has 88 valence electrons. The maximum absolute atomic E-state index is 9.12. The molecule has 3 aromatic rings. The summed E-state index contributed by atoms with van der Waals surface area (Å²) in [5.74, 6) is 0.628. The van der Waals surface area contributed by atoms with Crippen molar-refractivity contribution in [2.75, 3.05) is 0 Å². The number of hydrogen-bond donors (Lipinski definition) is 0. The Kier molecular flexibility index (Phi) is 2.17. The molecule has 0 spiro atoms. The van der Waals surface area contributed by atoms with Crippen LogP contribution in [0.4, 0.5) is 0 Å². The Morgan fingerprint density at radius 3 is 3.00 bits per heavy atom. The Morgan fingerprint density at radius 1 is 1.39 bits per heavy atom. The van der Waals surface area contributed by atoms with Crippen LogP contribution in [0.15, 0.2) is 28.9 Å². The molecular weight excluding hydrogens is 228 g/mol. The lowest BCUT2D eigenvalue weighted by Gasteiger charge is -1.98. The fourth-order valence-electron chi connectivity index (χ4n) is 1.96. The molecule has 2 aromatic heterocycles. The van der Waals surface area contributed by atoms with Crippen molar-refractivity contribution in [2.45, 2.75) is 6.92 Å². The predicted octanol–water partition coefficient (Wildman–Crippen LogP) is 2.41. The van der Waals surface area contributed by atoms with Gasteiger partial charge in [-0.1, -0.05) is 0 Å². The Hall–Kier alpha value is -2.61. The summed E-state index contributed by atoms with van der Waals surface area (Å²) in [5.41, 5.74) is 3.59. The lowest BCUT2D eigenvalue weighted by molar-refractivity contribution is 0.561. The second-order valence-electron chi connectivity index (χ2n) is 4.08. The molecule has 0 fully saturated rings. The monoisotopic (exact) mass is 238 g/mol. The minimum Gasteiger partial charge on any atom is -0.441 e. The van der Waals surface area contributed by atoms with Gasteiger partial charge < -0.3 is 8.98 Å². The molecule has 0 amide bonds. The second kappa shape index (κ2) is 3.70. The number of imidazole rings is 1. The van der Waals surface area contributed by atoms with Crippen LogP contribution in [0.3, 0.4) is 0 Å². The van der Waals surface area contributed by atoms with Crippen LogP contribution in [-0.4, -0.2) is 14.5 Å². The number of aryl methyl sites for hydroxylation is 2. The van der Waals surface area contributed by atoms with Gasteiger partial charge in [-0.3, -0.25) is 0 Å². The smallest absolute Gasteiger partial charge is 0.192 e. The van der Waals surface area contributed by atoms with Crippen LogP contribution in [0, 0.1) is 18.3 Å². The van der Waals surface area contributed by atoms with E-state index >= 15 is 0 Å². The normalized spacial score (nSPS) is 10.7. The van der Waals surface area contributed by atoms with Crippen molar-refractivity contribution in [2.24, 2.45) is 7.05 Å². The van der Waals surface area contributed by atoms with Gasteiger partial charge in [0.15, 0.2) is 11.5 Å². The van der Waals surface area contributed by atoms with E-state index < -0.39 is 0 Å². The second-order valence-corrected chi connectivity index (χ2v) is 4.08. The molecule has 2 heterocycles. The number of fused-ring (bicyclic) bond motifs is 1. The number of oxazole rings is 1. The zero-order valence-corrected chi connectivity index (χ0v) is 10.0. The fourth-order valence-corrected chi connectivity index (χ4v) is 1.96. The van der Waals surface area contributed by atoms with Gasteiger partial charge >= 0.3 is 0 Å². The molecule has 18 heavy (non-hydrogen) atoms. The molecule has 0 atom stereocenters. The maximum Gasteiger partial charge on any atom is 0.192 e. The summed E-state index contributed by atoms with van der Waals surface area (Å²) in [7, 11) is 1.80. The Labute approximate surface area is 103 Å². The molecule has 0 saturated carbocycles. The quantitative estimate of drug-likeness (QED) is 0.652. The summed E-state index contributed by atoms with van der Waals surface area (Å²) in [5, 5.41) is 9.12. The third kappa shape index (κ3) is 1.47. The van der Waals surface area contributed by atoms with E-state index in [0.717, 1.165) is 16.7 Å². The molecule has 0 radical (unpaired) electrons. The highest BCUT2D eigenvalue weighted by molar-refractivity contribution is 5.80. The molecule has 0 saturated heterocycles. The van der Waals surface area contributed by atoms with Gasteiger partial charge in [-0.25, -0.2) is 9.97 Å². The van der Waals surface area contributed by atoms with Crippen molar-refractivity contribution in [3.05, 3.63) is 36.1 Å². The van der Waals surface area contributed by atoms with Crippen LogP contribution in [0.25, 0.3) is 22.4 Å². The van der Waals surface area contributed by atoms with Gasteiger partial charge in [0.2, 0.25) is 0 Å². The molecule has 1 aromatic carbocycles. The zero-order valence-electron chi connectivity index (χ0n) is 10.0. The SMILES string of the molecule is Cc1nc2cc(-c3ncn(C)c3C#N)ccc2o1. The summed E-state index contributed by atoms with van der Waals surface area (Å²) >= 11 is 0. The predicted molar refractivity (Wildman–Crippen MR) is 65.7 cm³/mol. The largest absolute Gasteiger partial charge is 0.441 e. The van der Waals surface area contributed by atoms with Gasteiger partial charge in [-0.2, -0.15) is 5.26 Å². The van der Waals surface area contributed by atoms with Gasteiger partial charge in [0.25, 0.3) is 0 Å². The molecule has 0 aliphatic heterocycles. The van der Waals surface area contributed by atoms with E-state index in [4.69, 9.17) is 9.68 Å². The molecule has 0 aliphatic rings. The highest BCUT2D eigenvalue weighted by Gasteiger charge is 2.12. The van der Waals surface area contributed by atoms with Gasteiger partial charge in [0.1, 0.15) is 23.0 Å². The maximum atomic E-state index is 9.12. The number of benzene rings is 1. The number of nitriles is 1. The van der Waals surface area contributed by atoms with Crippen molar-refractivity contribution in [3.63, 3.8) is 0 Å². The van der Waals surface area contributed by atoms with Crippen molar-refractivity contribution in [1.82, 2.24) is 14.5 Å². The summed E-state index contributed by atoms with van der Waals surface area (Å²) < 4.78 is 7.12. The van der Waals surface area contributed by atoms with Crippen LogP contribution in [0.5, 0.6) is 0 Å². The first kappa shape index (κ1) is 10.5. The Morgan fingerprint density at radius 2 is 2.22 bits per heavy atom. The van der Waals surface area contributed by atoms with Crippen molar-refractivity contribution < 1.29 is 4.42 Å². The Bertz CT molecular complexity index is 776. The van der Waals surface area contributed by atoms with Crippen molar-refractivity contribution in [3.8, 4) is 17.3 Å². The van der Waals surface area contributed by atoms with E-state index in [1.807, 2.05) is 18.2 Å². The lowest BCUT2D eigenvalue weighted by atomic mass is 10.1.